The number of aliphatic hydroxyl groups excluding tert-OH is 1. The van der Waals surface area contributed by atoms with Crippen LogP contribution in [-0.4, -0.2) is 16.2 Å². The molecule has 0 aliphatic heterocycles. The molecule has 1 N–H and O–H groups in total. The first-order chi connectivity index (χ1) is 6.22. The maximum absolute atomic E-state index is 9.12. The Balaban J connectivity index is 2.51. The van der Waals surface area contributed by atoms with E-state index in [1.54, 1.807) is 0 Å². The van der Waals surface area contributed by atoms with Gasteiger partial charge in [-0.05, 0) is 31.9 Å². The first-order valence-corrected chi connectivity index (χ1v) is 4.29. The predicted molar refractivity (Wildman–Crippen MR) is 52.1 cm³/mol. The summed E-state index contributed by atoms with van der Waals surface area (Å²) in [4.78, 5) is 4.30. The summed E-state index contributed by atoms with van der Waals surface area (Å²) < 4.78 is 0. The zero-order valence-corrected chi connectivity index (χ0v) is 7.70. The Morgan fingerprint density at radius 3 is 3.00 bits per heavy atom. The number of hydrogen-bond acceptors (Lipinski definition) is 2. The fraction of sp³-hybridized carbons (Fsp3) is 0.364. The number of hydrogen-bond donors (Lipinski definition) is 1. The Morgan fingerprint density at radius 1 is 1.62 bits per heavy atom. The summed E-state index contributed by atoms with van der Waals surface area (Å²) in [6.07, 6.45) is 5.70. The molecule has 0 radical (unpaired) electrons. The van der Waals surface area contributed by atoms with E-state index in [-0.39, 0.29) is 0 Å². The van der Waals surface area contributed by atoms with Gasteiger partial charge in [-0.3, -0.25) is 4.98 Å². The molecule has 0 fully saturated rings. The normalized spacial score (nSPS) is 12.1. The monoisotopic (exact) mass is 175 g/mol. The molecule has 0 spiro atoms. The van der Waals surface area contributed by atoms with Crippen molar-refractivity contribution < 1.29 is 5.11 Å². The van der Waals surface area contributed by atoms with Gasteiger partial charge in [-0.25, -0.2) is 0 Å². The lowest BCUT2D eigenvalue weighted by atomic mass is 10.1. The standard InChI is InChI=1S/C11H13NO/c1-3-11(13)8-7-10-6-4-5-9(2)12-10/h1,4-6,11,13H,7-8H2,2H3. The molecule has 1 heterocycles. The number of aryl methyl sites for hydroxylation is 2. The van der Waals surface area contributed by atoms with Gasteiger partial charge in [0.2, 0.25) is 0 Å². The van der Waals surface area contributed by atoms with Crippen LogP contribution in [0.25, 0.3) is 0 Å². The van der Waals surface area contributed by atoms with E-state index in [2.05, 4.69) is 10.9 Å². The number of aromatic nitrogens is 1. The maximum Gasteiger partial charge on any atom is 0.114 e. The SMILES string of the molecule is C#CC(O)CCc1cccc(C)n1. The van der Waals surface area contributed by atoms with Gasteiger partial charge in [0.1, 0.15) is 6.10 Å². The van der Waals surface area contributed by atoms with Crippen LogP contribution in [0.4, 0.5) is 0 Å². The van der Waals surface area contributed by atoms with Gasteiger partial charge in [0, 0.05) is 11.4 Å². The molecule has 1 aromatic heterocycles. The number of terminal acetylenes is 1. The van der Waals surface area contributed by atoms with Crippen LogP contribution in [0, 0.1) is 19.3 Å². The molecule has 0 saturated carbocycles. The Kier molecular flexibility index (Phi) is 3.48. The Morgan fingerprint density at radius 2 is 2.38 bits per heavy atom. The Hall–Kier alpha value is -1.33. The average Bonchev–Trinajstić information content (AvgIpc) is 2.14. The summed E-state index contributed by atoms with van der Waals surface area (Å²) in [5.74, 6) is 2.28. The highest BCUT2D eigenvalue weighted by molar-refractivity contribution is 5.10. The van der Waals surface area contributed by atoms with Crippen molar-refractivity contribution in [3.8, 4) is 12.3 Å². The zero-order chi connectivity index (χ0) is 9.68. The third-order valence-electron chi connectivity index (χ3n) is 1.81. The molecule has 0 aromatic carbocycles. The van der Waals surface area contributed by atoms with Gasteiger partial charge in [-0.2, -0.15) is 0 Å². The fourth-order valence-corrected chi connectivity index (χ4v) is 1.11. The van der Waals surface area contributed by atoms with Crippen molar-refractivity contribution in [1.29, 1.82) is 0 Å². The third-order valence-corrected chi connectivity index (χ3v) is 1.81. The van der Waals surface area contributed by atoms with E-state index in [0.29, 0.717) is 6.42 Å². The summed E-state index contributed by atoms with van der Waals surface area (Å²) in [5, 5.41) is 9.12. The minimum atomic E-state index is -0.651. The molecular formula is C11H13NO. The van der Waals surface area contributed by atoms with Crippen LogP contribution < -0.4 is 0 Å². The van der Waals surface area contributed by atoms with E-state index < -0.39 is 6.10 Å². The van der Waals surface area contributed by atoms with Crippen LogP contribution in [0.3, 0.4) is 0 Å². The number of aliphatic hydroxyl groups is 1. The molecule has 1 unspecified atom stereocenters. The second-order valence-electron chi connectivity index (χ2n) is 2.99. The average molecular weight is 175 g/mol. The highest BCUT2D eigenvalue weighted by atomic mass is 16.3. The van der Waals surface area contributed by atoms with Gasteiger partial charge in [0.15, 0.2) is 0 Å². The van der Waals surface area contributed by atoms with Crippen molar-refractivity contribution in [2.24, 2.45) is 0 Å². The van der Waals surface area contributed by atoms with Crippen LogP contribution in [0.5, 0.6) is 0 Å². The molecule has 0 saturated heterocycles. The quantitative estimate of drug-likeness (QED) is 0.703. The molecule has 0 aliphatic rings. The molecule has 0 amide bonds. The molecule has 13 heavy (non-hydrogen) atoms. The third kappa shape index (κ3) is 3.27. The lowest BCUT2D eigenvalue weighted by molar-refractivity contribution is 0.222. The molecule has 2 nitrogen and oxygen atoms in total. The molecule has 2 heteroatoms. The molecule has 1 rings (SSSR count). The fourth-order valence-electron chi connectivity index (χ4n) is 1.11. The lowest BCUT2D eigenvalue weighted by Crippen LogP contribution is -2.05. The maximum atomic E-state index is 9.12. The molecule has 0 aliphatic carbocycles. The second-order valence-corrected chi connectivity index (χ2v) is 2.99. The molecule has 1 aromatic rings. The summed E-state index contributed by atoms with van der Waals surface area (Å²) in [5.41, 5.74) is 1.97. The van der Waals surface area contributed by atoms with Gasteiger partial charge in [0.25, 0.3) is 0 Å². The molecule has 68 valence electrons. The van der Waals surface area contributed by atoms with Gasteiger partial charge in [-0.15, -0.1) is 6.42 Å². The summed E-state index contributed by atoms with van der Waals surface area (Å²) in [7, 11) is 0. The van der Waals surface area contributed by atoms with E-state index in [9.17, 15) is 0 Å². The highest BCUT2D eigenvalue weighted by Gasteiger charge is 2.00. The summed E-state index contributed by atoms with van der Waals surface area (Å²) >= 11 is 0. The van der Waals surface area contributed by atoms with E-state index in [4.69, 9.17) is 11.5 Å². The highest BCUT2D eigenvalue weighted by Crippen LogP contribution is 2.03. The topological polar surface area (TPSA) is 33.1 Å². The van der Waals surface area contributed by atoms with Crippen molar-refractivity contribution >= 4 is 0 Å². The van der Waals surface area contributed by atoms with Crippen LogP contribution in [0.15, 0.2) is 18.2 Å². The van der Waals surface area contributed by atoms with Crippen molar-refractivity contribution in [3.63, 3.8) is 0 Å². The predicted octanol–water partition coefficient (Wildman–Crippen LogP) is 1.32. The van der Waals surface area contributed by atoms with E-state index in [1.807, 2.05) is 25.1 Å². The molecule has 1 atom stereocenters. The van der Waals surface area contributed by atoms with Gasteiger partial charge < -0.3 is 5.11 Å². The van der Waals surface area contributed by atoms with E-state index in [0.717, 1.165) is 17.8 Å². The number of pyridine rings is 1. The van der Waals surface area contributed by atoms with Crippen LogP contribution in [-0.2, 0) is 6.42 Å². The lowest BCUT2D eigenvalue weighted by Gasteiger charge is -2.03. The Bertz CT molecular complexity index is 314. The van der Waals surface area contributed by atoms with Crippen LogP contribution >= 0.6 is 0 Å². The van der Waals surface area contributed by atoms with Crippen molar-refractivity contribution in [3.05, 3.63) is 29.6 Å². The number of rotatable bonds is 3. The summed E-state index contributed by atoms with van der Waals surface area (Å²) in [6.45, 7) is 1.95. The van der Waals surface area contributed by atoms with E-state index >= 15 is 0 Å². The molecule has 0 bridgehead atoms. The smallest absolute Gasteiger partial charge is 0.114 e. The second kappa shape index (κ2) is 4.64. The number of nitrogens with zero attached hydrogens (tertiary/aromatic N) is 1. The molecular weight excluding hydrogens is 162 g/mol. The first-order valence-electron chi connectivity index (χ1n) is 4.29. The van der Waals surface area contributed by atoms with Crippen molar-refractivity contribution in [1.82, 2.24) is 4.98 Å². The van der Waals surface area contributed by atoms with Gasteiger partial charge >= 0.3 is 0 Å². The zero-order valence-electron chi connectivity index (χ0n) is 7.70. The summed E-state index contributed by atoms with van der Waals surface area (Å²) in [6, 6.07) is 5.84. The van der Waals surface area contributed by atoms with Gasteiger partial charge in [0.05, 0.1) is 0 Å². The first kappa shape index (κ1) is 9.76. The van der Waals surface area contributed by atoms with Crippen molar-refractivity contribution in [2.75, 3.05) is 0 Å². The van der Waals surface area contributed by atoms with E-state index in [1.165, 1.54) is 0 Å². The van der Waals surface area contributed by atoms with Crippen LogP contribution in [0.2, 0.25) is 0 Å². The van der Waals surface area contributed by atoms with Crippen molar-refractivity contribution in [2.45, 2.75) is 25.9 Å². The minimum absolute atomic E-state index is 0.576. The van der Waals surface area contributed by atoms with Crippen LogP contribution in [0.1, 0.15) is 17.8 Å². The largest absolute Gasteiger partial charge is 0.380 e. The Labute approximate surface area is 78.6 Å². The van der Waals surface area contributed by atoms with Gasteiger partial charge in [-0.1, -0.05) is 12.0 Å². The minimum Gasteiger partial charge on any atom is -0.380 e.